The average Bonchev–Trinajstić information content (AvgIpc) is 2.35. The van der Waals surface area contributed by atoms with Gasteiger partial charge in [-0.1, -0.05) is 11.6 Å². The molecule has 1 rings (SSSR count). The highest BCUT2D eigenvalue weighted by atomic mass is 35.5. The Labute approximate surface area is 104 Å². The van der Waals surface area contributed by atoms with Crippen molar-refractivity contribution in [1.82, 2.24) is 0 Å². The largest absolute Gasteiger partial charge is 0.497 e. The second-order valence-corrected chi connectivity index (χ2v) is 3.63. The summed E-state index contributed by atoms with van der Waals surface area (Å²) in [6.07, 6.45) is 0. The van der Waals surface area contributed by atoms with Crippen molar-refractivity contribution >= 4 is 17.6 Å². The Kier molecular flexibility index (Phi) is 4.84. The quantitative estimate of drug-likeness (QED) is 0.880. The third kappa shape index (κ3) is 3.67. The highest BCUT2D eigenvalue weighted by Crippen LogP contribution is 2.25. The number of halogens is 1. The Bertz CT molecular complexity index is 440. The minimum absolute atomic E-state index is 0.0909. The summed E-state index contributed by atoms with van der Waals surface area (Å²) in [7, 11) is 1.50. The van der Waals surface area contributed by atoms with Gasteiger partial charge in [-0.05, 0) is 24.6 Å². The maximum Gasteiger partial charge on any atom is 0.339 e. The van der Waals surface area contributed by atoms with Crippen LogP contribution in [-0.4, -0.2) is 24.8 Å². The number of hydrogen-bond acceptors (Lipinski definition) is 3. The molecule has 0 saturated carbocycles. The summed E-state index contributed by atoms with van der Waals surface area (Å²) >= 11 is 5.50. The van der Waals surface area contributed by atoms with Gasteiger partial charge >= 0.3 is 5.97 Å². The van der Waals surface area contributed by atoms with Crippen molar-refractivity contribution in [2.24, 2.45) is 0 Å². The van der Waals surface area contributed by atoms with Crippen LogP contribution in [0.1, 0.15) is 17.3 Å². The summed E-state index contributed by atoms with van der Waals surface area (Å²) < 4.78 is 10.4. The molecule has 0 atom stereocenters. The summed E-state index contributed by atoms with van der Waals surface area (Å²) in [5, 5.41) is 8.99. The zero-order valence-corrected chi connectivity index (χ0v) is 10.3. The van der Waals surface area contributed by atoms with E-state index < -0.39 is 5.97 Å². The monoisotopic (exact) mass is 256 g/mol. The third-order valence-electron chi connectivity index (χ3n) is 2.06. The van der Waals surface area contributed by atoms with Gasteiger partial charge in [0.15, 0.2) is 0 Å². The molecule has 0 aromatic heterocycles. The first-order valence-corrected chi connectivity index (χ1v) is 5.32. The first-order chi connectivity index (χ1) is 8.08. The number of carboxylic acid groups (broad SMARTS) is 1. The van der Waals surface area contributed by atoms with Crippen molar-refractivity contribution < 1.29 is 19.4 Å². The lowest BCUT2D eigenvalue weighted by molar-refractivity contribution is 0.0692. The third-order valence-corrected chi connectivity index (χ3v) is 2.43. The Morgan fingerprint density at radius 3 is 2.76 bits per heavy atom. The molecule has 5 heteroatoms. The number of benzene rings is 1. The molecule has 0 bridgehead atoms. The molecule has 17 heavy (non-hydrogen) atoms. The van der Waals surface area contributed by atoms with E-state index in [1.54, 1.807) is 13.0 Å². The van der Waals surface area contributed by atoms with Crippen molar-refractivity contribution in [2.75, 3.05) is 13.7 Å². The van der Waals surface area contributed by atoms with Gasteiger partial charge in [-0.2, -0.15) is 0 Å². The molecule has 4 nitrogen and oxygen atoms in total. The maximum absolute atomic E-state index is 11.0. The van der Waals surface area contributed by atoms with Gasteiger partial charge in [0, 0.05) is 11.6 Å². The molecular formula is C12H13ClO4. The van der Waals surface area contributed by atoms with Crippen LogP contribution in [0.4, 0.5) is 0 Å². The molecule has 0 amide bonds. The SMILES string of the molecule is COc1ccc(C(=O)O)c(OC/C(C)=C/Cl)c1. The minimum Gasteiger partial charge on any atom is -0.497 e. The summed E-state index contributed by atoms with van der Waals surface area (Å²) in [6, 6.07) is 4.54. The second-order valence-electron chi connectivity index (χ2n) is 3.41. The first kappa shape index (κ1) is 13.4. The van der Waals surface area contributed by atoms with Crippen molar-refractivity contribution in [2.45, 2.75) is 6.92 Å². The van der Waals surface area contributed by atoms with Gasteiger partial charge in [-0.3, -0.25) is 0 Å². The Morgan fingerprint density at radius 1 is 1.53 bits per heavy atom. The van der Waals surface area contributed by atoms with Crippen LogP contribution in [0.25, 0.3) is 0 Å². The van der Waals surface area contributed by atoms with Crippen LogP contribution in [0.15, 0.2) is 29.3 Å². The van der Waals surface area contributed by atoms with E-state index in [0.717, 1.165) is 5.57 Å². The molecule has 0 heterocycles. The second kappa shape index (κ2) is 6.15. The molecule has 92 valence electrons. The molecule has 0 unspecified atom stereocenters. The van der Waals surface area contributed by atoms with E-state index in [2.05, 4.69) is 0 Å². The number of carboxylic acids is 1. The summed E-state index contributed by atoms with van der Waals surface area (Å²) in [5.74, 6) is -0.248. The number of ether oxygens (including phenoxy) is 2. The molecule has 0 radical (unpaired) electrons. The van der Waals surface area contributed by atoms with E-state index in [1.165, 1.54) is 24.8 Å². The van der Waals surface area contributed by atoms with E-state index in [-0.39, 0.29) is 17.9 Å². The van der Waals surface area contributed by atoms with Gasteiger partial charge in [-0.25, -0.2) is 4.79 Å². The molecule has 0 spiro atoms. The smallest absolute Gasteiger partial charge is 0.339 e. The molecule has 0 fully saturated rings. The van der Waals surface area contributed by atoms with Crippen LogP contribution in [-0.2, 0) is 0 Å². The zero-order chi connectivity index (χ0) is 12.8. The molecule has 0 saturated heterocycles. The number of carbonyl (C=O) groups is 1. The van der Waals surface area contributed by atoms with Gasteiger partial charge in [-0.15, -0.1) is 0 Å². The van der Waals surface area contributed by atoms with Crippen LogP contribution in [0.5, 0.6) is 11.5 Å². The number of aromatic carboxylic acids is 1. The molecule has 0 aliphatic carbocycles. The number of rotatable bonds is 5. The molecule has 0 aliphatic heterocycles. The first-order valence-electron chi connectivity index (χ1n) is 4.88. The normalized spacial score (nSPS) is 11.1. The Morgan fingerprint density at radius 2 is 2.24 bits per heavy atom. The average molecular weight is 257 g/mol. The lowest BCUT2D eigenvalue weighted by atomic mass is 10.2. The van der Waals surface area contributed by atoms with Crippen molar-refractivity contribution in [3.05, 3.63) is 34.9 Å². The van der Waals surface area contributed by atoms with Gasteiger partial charge in [0.05, 0.1) is 7.11 Å². The van der Waals surface area contributed by atoms with Crippen molar-refractivity contribution in [3.63, 3.8) is 0 Å². The summed E-state index contributed by atoms with van der Waals surface area (Å²) in [5.41, 5.74) is 2.28. The van der Waals surface area contributed by atoms with E-state index in [1.807, 2.05) is 0 Å². The van der Waals surface area contributed by atoms with Gasteiger partial charge in [0.1, 0.15) is 23.7 Å². The molecule has 1 aromatic rings. The van der Waals surface area contributed by atoms with Crippen molar-refractivity contribution in [3.8, 4) is 11.5 Å². The highest BCUT2D eigenvalue weighted by Gasteiger charge is 2.12. The predicted octanol–water partition coefficient (Wildman–Crippen LogP) is 2.91. The standard InChI is InChI=1S/C12H13ClO4/c1-8(6-13)7-17-11-5-9(16-2)3-4-10(11)12(14)15/h3-6H,7H2,1-2H3,(H,14,15)/b8-6+. The fraction of sp³-hybridized carbons (Fsp3) is 0.250. The van der Waals surface area contributed by atoms with Crippen molar-refractivity contribution in [1.29, 1.82) is 0 Å². The zero-order valence-electron chi connectivity index (χ0n) is 9.57. The molecule has 0 aliphatic rings. The highest BCUT2D eigenvalue weighted by molar-refractivity contribution is 6.25. The molecule has 1 N–H and O–H groups in total. The van der Waals surface area contributed by atoms with E-state index in [4.69, 9.17) is 26.2 Å². The summed E-state index contributed by atoms with van der Waals surface area (Å²) in [4.78, 5) is 11.0. The lowest BCUT2D eigenvalue weighted by Crippen LogP contribution is -2.05. The number of hydrogen-bond donors (Lipinski definition) is 1. The lowest BCUT2D eigenvalue weighted by Gasteiger charge is -2.10. The fourth-order valence-corrected chi connectivity index (χ4v) is 1.21. The maximum atomic E-state index is 11.0. The minimum atomic E-state index is -1.05. The van der Waals surface area contributed by atoms with Crippen LogP contribution in [0.2, 0.25) is 0 Å². The number of methoxy groups -OCH3 is 1. The van der Waals surface area contributed by atoms with Crippen LogP contribution in [0.3, 0.4) is 0 Å². The van der Waals surface area contributed by atoms with Gasteiger partial charge in [0.25, 0.3) is 0 Å². The Balaban J connectivity index is 2.97. The fourth-order valence-electron chi connectivity index (χ4n) is 1.15. The van der Waals surface area contributed by atoms with Crippen LogP contribution >= 0.6 is 11.6 Å². The van der Waals surface area contributed by atoms with Crippen LogP contribution in [0, 0.1) is 0 Å². The van der Waals surface area contributed by atoms with Gasteiger partial charge < -0.3 is 14.6 Å². The summed E-state index contributed by atoms with van der Waals surface area (Å²) in [6.45, 7) is 2.02. The van der Waals surface area contributed by atoms with E-state index >= 15 is 0 Å². The molecular weight excluding hydrogens is 244 g/mol. The van der Waals surface area contributed by atoms with E-state index in [0.29, 0.717) is 5.75 Å². The topological polar surface area (TPSA) is 55.8 Å². The Hall–Kier alpha value is -1.68. The van der Waals surface area contributed by atoms with Crippen LogP contribution < -0.4 is 9.47 Å². The predicted molar refractivity (Wildman–Crippen MR) is 65.1 cm³/mol. The molecule has 1 aromatic carbocycles. The van der Waals surface area contributed by atoms with E-state index in [9.17, 15) is 4.79 Å². The van der Waals surface area contributed by atoms with Gasteiger partial charge in [0.2, 0.25) is 0 Å².